The molecule has 0 spiro atoms. The Bertz CT molecular complexity index is 946. The lowest BCUT2D eigenvalue weighted by Gasteiger charge is -2.08. The maximum absolute atomic E-state index is 13.0. The number of halogens is 2. The minimum Gasteiger partial charge on any atom is -0.452 e. The maximum Gasteiger partial charge on any atom is 0.338 e. The van der Waals surface area contributed by atoms with Gasteiger partial charge in [-0.2, -0.15) is 0 Å². The number of hydrogen-bond donors (Lipinski definition) is 1. The molecule has 0 aliphatic heterocycles. The lowest BCUT2D eigenvalue weighted by molar-refractivity contribution is -0.119. The predicted octanol–water partition coefficient (Wildman–Crippen LogP) is 2.82. The molecule has 0 aliphatic carbocycles. The van der Waals surface area contributed by atoms with E-state index >= 15 is 0 Å². The predicted molar refractivity (Wildman–Crippen MR) is 95.3 cm³/mol. The molecule has 0 unspecified atom stereocenters. The van der Waals surface area contributed by atoms with E-state index in [1.165, 1.54) is 24.3 Å². The van der Waals surface area contributed by atoms with Gasteiger partial charge in [0.25, 0.3) is 5.91 Å². The Balaban J connectivity index is 1.95. The fourth-order valence-corrected chi connectivity index (χ4v) is 3.08. The number of rotatable bonds is 6. The van der Waals surface area contributed by atoms with Crippen molar-refractivity contribution in [1.29, 1.82) is 0 Å². The van der Waals surface area contributed by atoms with Crippen LogP contribution in [0.4, 0.5) is 10.1 Å². The quantitative estimate of drug-likeness (QED) is 0.754. The lowest BCUT2D eigenvalue weighted by Crippen LogP contribution is -2.21. The van der Waals surface area contributed by atoms with Crippen molar-refractivity contribution in [3.05, 3.63) is 64.4 Å². The van der Waals surface area contributed by atoms with Gasteiger partial charge in [0, 0.05) is 6.26 Å². The van der Waals surface area contributed by atoms with Gasteiger partial charge >= 0.3 is 5.97 Å². The van der Waals surface area contributed by atoms with Crippen molar-refractivity contribution >= 4 is 39.0 Å². The van der Waals surface area contributed by atoms with E-state index in [9.17, 15) is 22.4 Å². The highest BCUT2D eigenvalue weighted by atomic mass is 35.5. The van der Waals surface area contributed by atoms with Crippen LogP contribution in [0.15, 0.2) is 42.5 Å². The van der Waals surface area contributed by atoms with Gasteiger partial charge in [-0.1, -0.05) is 23.7 Å². The van der Waals surface area contributed by atoms with Crippen LogP contribution in [0, 0.1) is 5.82 Å². The van der Waals surface area contributed by atoms with Crippen LogP contribution in [0.2, 0.25) is 5.02 Å². The molecule has 9 heteroatoms. The minimum absolute atomic E-state index is 0.0122. The average Bonchev–Trinajstić information content (AvgIpc) is 2.54. The van der Waals surface area contributed by atoms with Crippen LogP contribution in [0.5, 0.6) is 0 Å². The summed E-state index contributed by atoms with van der Waals surface area (Å²) in [5.41, 5.74) is 0.743. The first kappa shape index (κ1) is 19.9. The van der Waals surface area contributed by atoms with Gasteiger partial charge in [-0.05, 0) is 35.9 Å². The third-order valence-corrected chi connectivity index (χ3v) is 4.30. The maximum atomic E-state index is 13.0. The number of carbonyl (C=O) groups is 2. The zero-order chi connectivity index (χ0) is 19.3. The number of benzene rings is 2. The van der Waals surface area contributed by atoms with Gasteiger partial charge in [-0.25, -0.2) is 17.6 Å². The Labute approximate surface area is 154 Å². The van der Waals surface area contributed by atoms with E-state index in [4.69, 9.17) is 16.3 Å². The number of ether oxygens (including phenoxy) is 1. The van der Waals surface area contributed by atoms with Gasteiger partial charge < -0.3 is 10.1 Å². The molecular formula is C17H15ClFNO5S. The van der Waals surface area contributed by atoms with Gasteiger partial charge in [-0.3, -0.25) is 4.79 Å². The molecule has 1 N–H and O–H groups in total. The summed E-state index contributed by atoms with van der Waals surface area (Å²) >= 11 is 5.79. The fraction of sp³-hybridized carbons (Fsp3) is 0.176. The van der Waals surface area contributed by atoms with Crippen molar-refractivity contribution in [2.45, 2.75) is 5.75 Å². The summed E-state index contributed by atoms with van der Waals surface area (Å²) in [7, 11) is -3.24. The third-order valence-electron chi connectivity index (χ3n) is 3.13. The van der Waals surface area contributed by atoms with Crippen LogP contribution in [0.1, 0.15) is 15.9 Å². The van der Waals surface area contributed by atoms with E-state index in [-0.39, 0.29) is 22.0 Å². The van der Waals surface area contributed by atoms with Crippen LogP contribution >= 0.6 is 11.6 Å². The Morgan fingerprint density at radius 2 is 1.92 bits per heavy atom. The second kappa shape index (κ2) is 8.29. The first-order chi connectivity index (χ1) is 12.1. The van der Waals surface area contributed by atoms with Crippen molar-refractivity contribution < 1.29 is 27.1 Å². The van der Waals surface area contributed by atoms with Crippen LogP contribution in [0.3, 0.4) is 0 Å². The van der Waals surface area contributed by atoms with Gasteiger partial charge in [-0.15, -0.1) is 0 Å². The molecule has 0 aliphatic rings. The highest BCUT2D eigenvalue weighted by molar-refractivity contribution is 7.89. The molecule has 0 saturated carbocycles. The molecule has 6 nitrogen and oxygen atoms in total. The van der Waals surface area contributed by atoms with Crippen molar-refractivity contribution in [1.82, 2.24) is 0 Å². The summed E-state index contributed by atoms with van der Waals surface area (Å²) < 4.78 is 40.5. The zero-order valence-corrected chi connectivity index (χ0v) is 15.2. The number of hydrogen-bond acceptors (Lipinski definition) is 5. The number of amides is 1. The smallest absolute Gasteiger partial charge is 0.338 e. The molecule has 1 amide bonds. The van der Waals surface area contributed by atoms with E-state index in [1.54, 1.807) is 6.07 Å². The molecule has 0 fully saturated rings. The molecule has 0 bridgehead atoms. The van der Waals surface area contributed by atoms with Crippen LogP contribution in [-0.4, -0.2) is 33.2 Å². The summed E-state index contributed by atoms with van der Waals surface area (Å²) in [6, 6.07) is 9.38. The molecule has 0 aromatic heterocycles. The van der Waals surface area contributed by atoms with E-state index in [0.29, 0.717) is 5.56 Å². The SMILES string of the molecule is CS(=O)(=O)Cc1cccc(C(=O)OCC(=O)Nc2ccc(F)cc2Cl)c1. The Morgan fingerprint density at radius 3 is 2.58 bits per heavy atom. The Hall–Kier alpha value is -2.45. The summed E-state index contributed by atoms with van der Waals surface area (Å²) in [6.45, 7) is -0.581. The van der Waals surface area contributed by atoms with Gasteiger partial charge in [0.2, 0.25) is 0 Å². The van der Waals surface area contributed by atoms with Gasteiger partial charge in [0.15, 0.2) is 16.4 Å². The number of carbonyl (C=O) groups excluding carboxylic acids is 2. The molecular weight excluding hydrogens is 385 g/mol. The van der Waals surface area contributed by atoms with Gasteiger partial charge in [0.05, 0.1) is 22.0 Å². The molecule has 0 heterocycles. The third kappa shape index (κ3) is 6.12. The number of anilines is 1. The largest absolute Gasteiger partial charge is 0.452 e. The molecule has 2 aromatic rings. The summed E-state index contributed by atoms with van der Waals surface area (Å²) in [5.74, 6) is -2.19. The molecule has 0 radical (unpaired) electrons. The van der Waals surface area contributed by atoms with Crippen LogP contribution in [0.25, 0.3) is 0 Å². The molecule has 26 heavy (non-hydrogen) atoms. The van der Waals surface area contributed by atoms with Crippen LogP contribution < -0.4 is 5.32 Å². The Kier molecular flexibility index (Phi) is 6.33. The van der Waals surface area contributed by atoms with Crippen LogP contribution in [-0.2, 0) is 25.1 Å². The van der Waals surface area contributed by atoms with Crippen molar-refractivity contribution in [3.63, 3.8) is 0 Å². The molecule has 138 valence electrons. The normalized spacial score (nSPS) is 11.0. The van der Waals surface area contributed by atoms with Crippen molar-refractivity contribution in [3.8, 4) is 0 Å². The second-order valence-electron chi connectivity index (χ2n) is 5.52. The number of esters is 1. The topological polar surface area (TPSA) is 89.5 Å². The van der Waals surface area contributed by atoms with Gasteiger partial charge in [0.1, 0.15) is 5.82 Å². The van der Waals surface area contributed by atoms with E-state index in [0.717, 1.165) is 18.4 Å². The summed E-state index contributed by atoms with van der Waals surface area (Å²) in [6.07, 6.45) is 1.09. The monoisotopic (exact) mass is 399 g/mol. The lowest BCUT2D eigenvalue weighted by atomic mass is 10.1. The molecule has 0 atom stereocenters. The highest BCUT2D eigenvalue weighted by Crippen LogP contribution is 2.22. The van der Waals surface area contributed by atoms with E-state index in [2.05, 4.69) is 5.32 Å². The summed E-state index contributed by atoms with van der Waals surface area (Å²) in [5, 5.41) is 2.40. The highest BCUT2D eigenvalue weighted by Gasteiger charge is 2.13. The molecule has 2 aromatic carbocycles. The first-order valence-electron chi connectivity index (χ1n) is 7.33. The van der Waals surface area contributed by atoms with Crippen molar-refractivity contribution in [2.24, 2.45) is 0 Å². The fourth-order valence-electron chi connectivity index (χ4n) is 2.08. The van der Waals surface area contributed by atoms with Crippen molar-refractivity contribution in [2.75, 3.05) is 18.2 Å². The van der Waals surface area contributed by atoms with E-state index < -0.39 is 34.1 Å². The number of nitrogens with one attached hydrogen (secondary N) is 1. The second-order valence-corrected chi connectivity index (χ2v) is 8.07. The minimum atomic E-state index is -3.24. The average molecular weight is 400 g/mol. The zero-order valence-electron chi connectivity index (χ0n) is 13.7. The molecule has 2 rings (SSSR count). The standard InChI is InChI=1S/C17H15ClFNO5S/c1-26(23,24)10-11-3-2-4-12(7-11)17(22)25-9-16(21)20-15-6-5-13(19)8-14(15)18/h2-8H,9-10H2,1H3,(H,20,21). The Morgan fingerprint density at radius 1 is 1.19 bits per heavy atom. The number of sulfone groups is 1. The molecule has 0 saturated heterocycles. The van der Waals surface area contributed by atoms with E-state index in [1.807, 2.05) is 0 Å². The first-order valence-corrected chi connectivity index (χ1v) is 9.76. The summed E-state index contributed by atoms with van der Waals surface area (Å²) in [4.78, 5) is 23.8.